The number of carbonyl (C=O) groups excluding carboxylic acids is 3. The summed E-state index contributed by atoms with van der Waals surface area (Å²) in [6.07, 6.45) is 0.954. The van der Waals surface area contributed by atoms with Crippen LogP contribution >= 0.6 is 11.6 Å². The quantitative estimate of drug-likeness (QED) is 0.540. The number of halogens is 1. The highest BCUT2D eigenvalue weighted by atomic mass is 35.5. The van der Waals surface area contributed by atoms with Crippen molar-refractivity contribution in [2.45, 2.75) is 32.2 Å². The van der Waals surface area contributed by atoms with E-state index in [2.05, 4.69) is 5.32 Å². The molecule has 1 aliphatic rings. The highest BCUT2D eigenvalue weighted by Crippen LogP contribution is 2.16. The van der Waals surface area contributed by atoms with Crippen LogP contribution in [-0.2, 0) is 16.0 Å². The number of hydrogen-bond donors (Lipinski definition) is 1. The standard InChI is InChI=1S/C23H25ClN2O5/c1-2-30-23(29)31-20-9-5-17(6-10-20)22(28)25-19-11-13-26(14-12-19)21(27)15-16-3-7-18(24)8-4-16/h3-10,19H,2,11-15H2,1H3,(H,25,28). The minimum absolute atomic E-state index is 0.00235. The van der Waals surface area contributed by atoms with Gasteiger partial charge in [0, 0.05) is 29.7 Å². The molecule has 0 radical (unpaired) electrons. The Labute approximate surface area is 186 Å². The van der Waals surface area contributed by atoms with Gasteiger partial charge in [0.05, 0.1) is 13.0 Å². The summed E-state index contributed by atoms with van der Waals surface area (Å²) in [4.78, 5) is 38.2. The van der Waals surface area contributed by atoms with Crippen molar-refractivity contribution in [3.05, 3.63) is 64.7 Å². The lowest BCUT2D eigenvalue weighted by atomic mass is 10.0. The van der Waals surface area contributed by atoms with Crippen molar-refractivity contribution < 1.29 is 23.9 Å². The maximum absolute atomic E-state index is 12.5. The Morgan fingerprint density at radius 1 is 1.03 bits per heavy atom. The zero-order valence-electron chi connectivity index (χ0n) is 17.3. The van der Waals surface area contributed by atoms with Crippen LogP contribution in [-0.4, -0.2) is 48.6 Å². The van der Waals surface area contributed by atoms with Gasteiger partial charge in [-0.15, -0.1) is 0 Å². The Morgan fingerprint density at radius 3 is 2.29 bits per heavy atom. The van der Waals surface area contributed by atoms with E-state index in [1.54, 1.807) is 43.3 Å². The summed E-state index contributed by atoms with van der Waals surface area (Å²) in [7, 11) is 0. The number of benzene rings is 2. The van der Waals surface area contributed by atoms with E-state index in [0.29, 0.717) is 48.7 Å². The smallest absolute Gasteiger partial charge is 0.434 e. The minimum atomic E-state index is -0.780. The molecule has 1 saturated heterocycles. The van der Waals surface area contributed by atoms with E-state index in [4.69, 9.17) is 21.1 Å². The van der Waals surface area contributed by atoms with E-state index in [-0.39, 0.29) is 24.5 Å². The van der Waals surface area contributed by atoms with Crippen LogP contribution in [0.2, 0.25) is 5.02 Å². The van der Waals surface area contributed by atoms with Crippen LogP contribution in [0, 0.1) is 0 Å². The van der Waals surface area contributed by atoms with Crippen LogP contribution in [0.4, 0.5) is 4.79 Å². The number of hydrogen-bond acceptors (Lipinski definition) is 5. The third-order valence-electron chi connectivity index (χ3n) is 5.03. The van der Waals surface area contributed by atoms with Crippen molar-refractivity contribution in [2.24, 2.45) is 0 Å². The average molecular weight is 445 g/mol. The minimum Gasteiger partial charge on any atom is -0.434 e. The fraction of sp³-hybridized carbons (Fsp3) is 0.348. The number of likely N-dealkylation sites (tertiary alicyclic amines) is 1. The van der Waals surface area contributed by atoms with Crippen LogP contribution in [0.15, 0.2) is 48.5 Å². The van der Waals surface area contributed by atoms with Crippen molar-refractivity contribution in [1.82, 2.24) is 10.2 Å². The Hall–Kier alpha value is -3.06. The van der Waals surface area contributed by atoms with Gasteiger partial charge in [-0.05, 0) is 61.7 Å². The van der Waals surface area contributed by atoms with Crippen molar-refractivity contribution in [2.75, 3.05) is 19.7 Å². The summed E-state index contributed by atoms with van der Waals surface area (Å²) in [6, 6.07) is 13.6. The van der Waals surface area contributed by atoms with Crippen LogP contribution in [0.1, 0.15) is 35.7 Å². The molecule has 0 unspecified atom stereocenters. The first kappa shape index (κ1) is 22.6. The maximum atomic E-state index is 12.5. The van der Waals surface area contributed by atoms with Gasteiger partial charge in [-0.2, -0.15) is 0 Å². The van der Waals surface area contributed by atoms with Crippen LogP contribution in [0.5, 0.6) is 5.75 Å². The number of carbonyl (C=O) groups is 3. The average Bonchev–Trinajstić information content (AvgIpc) is 2.76. The topological polar surface area (TPSA) is 84.9 Å². The summed E-state index contributed by atoms with van der Waals surface area (Å²) in [5.41, 5.74) is 1.40. The van der Waals surface area contributed by atoms with Gasteiger partial charge in [-0.25, -0.2) is 4.79 Å². The lowest BCUT2D eigenvalue weighted by molar-refractivity contribution is -0.131. The van der Waals surface area contributed by atoms with Gasteiger partial charge >= 0.3 is 6.16 Å². The molecule has 31 heavy (non-hydrogen) atoms. The molecule has 0 aliphatic carbocycles. The number of amides is 2. The van der Waals surface area contributed by atoms with Crippen LogP contribution < -0.4 is 10.1 Å². The summed E-state index contributed by atoms with van der Waals surface area (Å²) in [5.74, 6) is 0.181. The largest absolute Gasteiger partial charge is 0.513 e. The number of nitrogens with one attached hydrogen (secondary N) is 1. The Balaban J connectivity index is 1.44. The van der Waals surface area contributed by atoms with E-state index in [1.807, 2.05) is 17.0 Å². The second-order valence-corrected chi connectivity index (χ2v) is 7.68. The SMILES string of the molecule is CCOC(=O)Oc1ccc(C(=O)NC2CCN(C(=O)Cc3ccc(Cl)cc3)CC2)cc1. The second kappa shape index (κ2) is 10.8. The molecule has 1 N–H and O–H groups in total. The third kappa shape index (κ3) is 6.72. The number of ether oxygens (including phenoxy) is 2. The first-order valence-electron chi connectivity index (χ1n) is 10.2. The van der Waals surface area contributed by atoms with Gasteiger partial charge in [0.25, 0.3) is 5.91 Å². The summed E-state index contributed by atoms with van der Waals surface area (Å²) >= 11 is 5.88. The van der Waals surface area contributed by atoms with Crippen molar-refractivity contribution >= 4 is 29.6 Å². The molecule has 8 heteroatoms. The first-order valence-corrected chi connectivity index (χ1v) is 10.6. The molecule has 2 aromatic rings. The molecule has 3 rings (SSSR count). The van der Waals surface area contributed by atoms with Gasteiger partial charge in [0.15, 0.2) is 0 Å². The lowest BCUT2D eigenvalue weighted by Gasteiger charge is -2.32. The number of rotatable bonds is 6. The zero-order chi connectivity index (χ0) is 22.2. The number of piperidine rings is 1. The van der Waals surface area contributed by atoms with E-state index in [9.17, 15) is 14.4 Å². The molecule has 0 saturated carbocycles. The van der Waals surface area contributed by atoms with Crippen molar-refractivity contribution in [3.63, 3.8) is 0 Å². The van der Waals surface area contributed by atoms with Crippen LogP contribution in [0.3, 0.4) is 0 Å². The molecule has 0 spiro atoms. The molecule has 1 heterocycles. The fourth-order valence-electron chi connectivity index (χ4n) is 3.35. The molecule has 2 aromatic carbocycles. The van der Waals surface area contributed by atoms with Gasteiger partial charge in [-0.3, -0.25) is 9.59 Å². The highest BCUT2D eigenvalue weighted by Gasteiger charge is 2.24. The predicted octanol–water partition coefficient (Wildman–Crippen LogP) is 3.84. The van der Waals surface area contributed by atoms with E-state index in [0.717, 1.165) is 5.56 Å². The highest BCUT2D eigenvalue weighted by molar-refractivity contribution is 6.30. The summed E-state index contributed by atoms with van der Waals surface area (Å²) in [5, 5.41) is 3.65. The predicted molar refractivity (Wildman–Crippen MR) is 116 cm³/mol. The van der Waals surface area contributed by atoms with Crippen molar-refractivity contribution in [3.8, 4) is 5.75 Å². The van der Waals surface area contributed by atoms with E-state index < -0.39 is 6.16 Å². The van der Waals surface area contributed by atoms with Gasteiger partial charge in [0.1, 0.15) is 5.75 Å². The summed E-state index contributed by atoms with van der Waals surface area (Å²) in [6.45, 7) is 3.12. The molecule has 2 amide bonds. The molecule has 7 nitrogen and oxygen atoms in total. The molecule has 1 aliphatic heterocycles. The molecular formula is C23H25ClN2O5. The lowest BCUT2D eigenvalue weighted by Crippen LogP contribution is -2.46. The van der Waals surface area contributed by atoms with E-state index in [1.165, 1.54) is 0 Å². The molecular weight excluding hydrogens is 420 g/mol. The number of nitrogens with zero attached hydrogens (tertiary/aromatic N) is 1. The molecule has 164 valence electrons. The Bertz CT molecular complexity index is 907. The van der Waals surface area contributed by atoms with E-state index >= 15 is 0 Å². The molecule has 0 bridgehead atoms. The Kier molecular flexibility index (Phi) is 7.89. The summed E-state index contributed by atoms with van der Waals surface area (Å²) < 4.78 is 9.70. The normalized spacial score (nSPS) is 14.1. The van der Waals surface area contributed by atoms with Gasteiger partial charge < -0.3 is 19.7 Å². The maximum Gasteiger partial charge on any atom is 0.513 e. The second-order valence-electron chi connectivity index (χ2n) is 7.24. The van der Waals surface area contributed by atoms with Crippen molar-refractivity contribution in [1.29, 1.82) is 0 Å². The monoisotopic (exact) mass is 444 g/mol. The van der Waals surface area contributed by atoms with Gasteiger partial charge in [-0.1, -0.05) is 23.7 Å². The zero-order valence-corrected chi connectivity index (χ0v) is 18.1. The molecule has 0 atom stereocenters. The van der Waals surface area contributed by atoms with Gasteiger partial charge in [0.2, 0.25) is 5.91 Å². The first-order chi connectivity index (χ1) is 14.9. The molecule has 0 aromatic heterocycles. The fourth-order valence-corrected chi connectivity index (χ4v) is 3.47. The molecule has 1 fully saturated rings. The third-order valence-corrected chi connectivity index (χ3v) is 5.28. The van der Waals surface area contributed by atoms with Crippen LogP contribution in [0.25, 0.3) is 0 Å². The Morgan fingerprint density at radius 2 is 1.68 bits per heavy atom.